The predicted octanol–water partition coefficient (Wildman–Crippen LogP) is 2.81. The molecule has 0 bridgehead atoms. The van der Waals surface area contributed by atoms with Crippen LogP contribution in [0.4, 0.5) is 11.4 Å². The van der Waals surface area contributed by atoms with E-state index in [1.807, 2.05) is 13.8 Å². The third kappa shape index (κ3) is 3.74. The lowest BCUT2D eigenvalue weighted by Crippen LogP contribution is -2.24. The molecule has 0 radical (unpaired) electrons. The molecule has 1 saturated heterocycles. The van der Waals surface area contributed by atoms with Crippen molar-refractivity contribution in [2.75, 3.05) is 23.9 Å². The maximum atomic E-state index is 11.9. The summed E-state index contributed by atoms with van der Waals surface area (Å²) in [5.74, 6) is 1.03. The van der Waals surface area contributed by atoms with Gasteiger partial charge in [0.2, 0.25) is 11.8 Å². The van der Waals surface area contributed by atoms with Gasteiger partial charge in [-0.15, -0.1) is 0 Å². The Bertz CT molecular complexity index is 540. The van der Waals surface area contributed by atoms with Gasteiger partial charge in [0.1, 0.15) is 5.75 Å². The summed E-state index contributed by atoms with van der Waals surface area (Å²) in [6.45, 7) is 4.70. The van der Waals surface area contributed by atoms with Crippen LogP contribution in [0.15, 0.2) is 18.2 Å². The molecule has 114 valence electrons. The number of ether oxygens (including phenoxy) is 1. The highest BCUT2D eigenvalue weighted by molar-refractivity contribution is 5.98. The van der Waals surface area contributed by atoms with Crippen LogP contribution < -0.4 is 15.0 Å². The summed E-state index contributed by atoms with van der Waals surface area (Å²) in [5, 5.41) is 2.87. The number of rotatable bonds is 5. The summed E-state index contributed by atoms with van der Waals surface area (Å²) in [4.78, 5) is 25.5. The summed E-state index contributed by atoms with van der Waals surface area (Å²) < 4.78 is 5.32. The molecule has 5 heteroatoms. The number of amides is 2. The molecule has 1 aromatic rings. The van der Waals surface area contributed by atoms with Crippen LogP contribution in [-0.2, 0) is 9.59 Å². The monoisotopic (exact) mass is 290 g/mol. The smallest absolute Gasteiger partial charge is 0.227 e. The first kappa shape index (κ1) is 15.4. The van der Waals surface area contributed by atoms with E-state index in [2.05, 4.69) is 5.32 Å². The summed E-state index contributed by atoms with van der Waals surface area (Å²) in [6, 6.07) is 5.38. The molecule has 1 aliphatic rings. The predicted molar refractivity (Wildman–Crippen MR) is 82.7 cm³/mol. The lowest BCUT2D eigenvalue weighted by Gasteiger charge is -2.20. The van der Waals surface area contributed by atoms with E-state index in [9.17, 15) is 9.59 Å². The van der Waals surface area contributed by atoms with Gasteiger partial charge < -0.3 is 15.0 Å². The van der Waals surface area contributed by atoms with Crippen LogP contribution in [0.25, 0.3) is 0 Å². The van der Waals surface area contributed by atoms with E-state index in [4.69, 9.17) is 4.74 Å². The minimum Gasteiger partial charge on any atom is -0.495 e. The molecule has 1 fully saturated rings. The van der Waals surface area contributed by atoms with Crippen LogP contribution in [0.2, 0.25) is 0 Å². The molecule has 0 unspecified atom stereocenters. The number of anilines is 2. The van der Waals surface area contributed by atoms with Crippen LogP contribution in [0, 0.1) is 5.92 Å². The number of hydrogen-bond donors (Lipinski definition) is 1. The van der Waals surface area contributed by atoms with Crippen molar-refractivity contribution < 1.29 is 14.3 Å². The maximum absolute atomic E-state index is 11.9. The minimum atomic E-state index is -0.0196. The summed E-state index contributed by atoms with van der Waals surface area (Å²) >= 11 is 0. The number of benzene rings is 1. The van der Waals surface area contributed by atoms with E-state index in [-0.39, 0.29) is 11.8 Å². The quantitative estimate of drug-likeness (QED) is 0.907. The van der Waals surface area contributed by atoms with Gasteiger partial charge in [0, 0.05) is 25.1 Å². The largest absolute Gasteiger partial charge is 0.495 e. The number of methoxy groups -OCH3 is 1. The second kappa shape index (κ2) is 6.61. The molecular weight excluding hydrogens is 268 g/mol. The Morgan fingerprint density at radius 1 is 1.43 bits per heavy atom. The Balaban J connectivity index is 2.21. The molecule has 2 rings (SSSR count). The van der Waals surface area contributed by atoms with Gasteiger partial charge in [0.15, 0.2) is 0 Å². The molecule has 1 N–H and O–H groups in total. The molecule has 1 aromatic carbocycles. The second-order valence-corrected chi connectivity index (χ2v) is 5.68. The third-order valence-corrected chi connectivity index (χ3v) is 3.42. The van der Waals surface area contributed by atoms with Crippen LogP contribution in [0.5, 0.6) is 5.75 Å². The van der Waals surface area contributed by atoms with E-state index in [1.54, 1.807) is 30.2 Å². The van der Waals surface area contributed by atoms with E-state index in [0.29, 0.717) is 36.7 Å². The molecule has 21 heavy (non-hydrogen) atoms. The molecule has 5 nitrogen and oxygen atoms in total. The SMILES string of the molecule is COc1ccc(NC(=O)CC(C)C)cc1N1CCCC1=O. The zero-order valence-corrected chi connectivity index (χ0v) is 12.8. The standard InChI is InChI=1S/C16H22N2O3/c1-11(2)9-15(19)17-12-6-7-14(21-3)13(10-12)18-8-4-5-16(18)20/h6-7,10-11H,4-5,8-9H2,1-3H3,(H,17,19). The van der Waals surface area contributed by atoms with Crippen molar-refractivity contribution in [3.63, 3.8) is 0 Å². The number of carbonyl (C=O) groups excluding carboxylic acids is 2. The molecule has 0 aromatic heterocycles. The van der Waals surface area contributed by atoms with Crippen LogP contribution in [-0.4, -0.2) is 25.5 Å². The van der Waals surface area contributed by atoms with Gasteiger partial charge in [-0.2, -0.15) is 0 Å². The average Bonchev–Trinajstić information content (AvgIpc) is 2.83. The van der Waals surface area contributed by atoms with Gasteiger partial charge in [0.05, 0.1) is 12.8 Å². The molecular formula is C16H22N2O3. The topological polar surface area (TPSA) is 58.6 Å². The second-order valence-electron chi connectivity index (χ2n) is 5.68. The zero-order chi connectivity index (χ0) is 15.4. The van der Waals surface area contributed by atoms with Crippen molar-refractivity contribution in [3.8, 4) is 5.75 Å². The van der Waals surface area contributed by atoms with Gasteiger partial charge >= 0.3 is 0 Å². The van der Waals surface area contributed by atoms with Gasteiger partial charge in [-0.05, 0) is 30.5 Å². The lowest BCUT2D eigenvalue weighted by atomic mass is 10.1. The van der Waals surface area contributed by atoms with Crippen molar-refractivity contribution in [1.82, 2.24) is 0 Å². The lowest BCUT2D eigenvalue weighted by molar-refractivity contribution is -0.117. The van der Waals surface area contributed by atoms with Crippen molar-refractivity contribution in [2.45, 2.75) is 33.1 Å². The van der Waals surface area contributed by atoms with Gasteiger partial charge in [-0.3, -0.25) is 9.59 Å². The summed E-state index contributed by atoms with van der Waals surface area (Å²) in [5.41, 5.74) is 1.42. The van der Waals surface area contributed by atoms with Crippen molar-refractivity contribution in [3.05, 3.63) is 18.2 Å². The van der Waals surface area contributed by atoms with Crippen LogP contribution >= 0.6 is 0 Å². The van der Waals surface area contributed by atoms with E-state index >= 15 is 0 Å². The molecule has 2 amide bonds. The van der Waals surface area contributed by atoms with Gasteiger partial charge in [-0.1, -0.05) is 13.8 Å². The molecule has 0 atom stereocenters. The van der Waals surface area contributed by atoms with Crippen LogP contribution in [0.3, 0.4) is 0 Å². The third-order valence-electron chi connectivity index (χ3n) is 3.42. The highest BCUT2D eigenvalue weighted by atomic mass is 16.5. The number of nitrogens with zero attached hydrogens (tertiary/aromatic N) is 1. The van der Waals surface area contributed by atoms with E-state index < -0.39 is 0 Å². The minimum absolute atomic E-state index is 0.0196. The first-order chi connectivity index (χ1) is 10.0. The fourth-order valence-corrected chi connectivity index (χ4v) is 2.46. The zero-order valence-electron chi connectivity index (χ0n) is 12.8. The number of hydrogen-bond acceptors (Lipinski definition) is 3. The molecule has 0 saturated carbocycles. The van der Waals surface area contributed by atoms with Crippen LogP contribution in [0.1, 0.15) is 33.1 Å². The van der Waals surface area contributed by atoms with Crippen molar-refractivity contribution >= 4 is 23.2 Å². The molecule has 0 spiro atoms. The average molecular weight is 290 g/mol. The number of nitrogens with one attached hydrogen (secondary N) is 1. The Labute approximate surface area is 125 Å². The number of carbonyl (C=O) groups is 2. The Hall–Kier alpha value is -2.04. The summed E-state index contributed by atoms with van der Waals surface area (Å²) in [6.07, 6.45) is 1.89. The Morgan fingerprint density at radius 3 is 2.76 bits per heavy atom. The fraction of sp³-hybridized carbons (Fsp3) is 0.500. The van der Waals surface area contributed by atoms with E-state index in [0.717, 1.165) is 12.1 Å². The van der Waals surface area contributed by atoms with Gasteiger partial charge in [-0.25, -0.2) is 0 Å². The first-order valence-electron chi connectivity index (χ1n) is 7.29. The Kier molecular flexibility index (Phi) is 4.83. The first-order valence-corrected chi connectivity index (χ1v) is 7.29. The van der Waals surface area contributed by atoms with E-state index in [1.165, 1.54) is 0 Å². The summed E-state index contributed by atoms with van der Waals surface area (Å²) in [7, 11) is 1.58. The van der Waals surface area contributed by atoms with Crippen molar-refractivity contribution in [1.29, 1.82) is 0 Å². The molecule has 1 heterocycles. The Morgan fingerprint density at radius 2 is 2.19 bits per heavy atom. The highest BCUT2D eigenvalue weighted by Gasteiger charge is 2.24. The highest BCUT2D eigenvalue weighted by Crippen LogP contribution is 2.34. The normalized spacial score (nSPS) is 14.7. The maximum Gasteiger partial charge on any atom is 0.227 e. The molecule has 0 aliphatic carbocycles. The van der Waals surface area contributed by atoms with Crippen molar-refractivity contribution in [2.24, 2.45) is 5.92 Å². The van der Waals surface area contributed by atoms with Gasteiger partial charge in [0.25, 0.3) is 0 Å². The fourth-order valence-electron chi connectivity index (χ4n) is 2.46. The molecule has 1 aliphatic heterocycles.